The van der Waals surface area contributed by atoms with Crippen LogP contribution in [0.4, 0.5) is 0 Å². The van der Waals surface area contributed by atoms with Crippen LogP contribution < -0.4 is 0 Å². The molecule has 0 aliphatic carbocycles. The zero-order chi connectivity index (χ0) is 14.9. The van der Waals surface area contributed by atoms with Crippen molar-refractivity contribution in [3.05, 3.63) is 44.6 Å². The molecule has 0 spiro atoms. The minimum Gasteiger partial charge on any atom is -0.478 e. The van der Waals surface area contributed by atoms with Gasteiger partial charge in [-0.2, -0.15) is 0 Å². The summed E-state index contributed by atoms with van der Waals surface area (Å²) in [6.45, 7) is 0. The number of hydrogen-bond acceptors (Lipinski definition) is 4. The summed E-state index contributed by atoms with van der Waals surface area (Å²) >= 11 is 6.25. The monoisotopic (exact) mass is 400 g/mol. The minimum absolute atomic E-state index is 0.00519. The number of halogens is 2. The van der Waals surface area contributed by atoms with Crippen molar-refractivity contribution in [3.8, 4) is 11.4 Å². The van der Waals surface area contributed by atoms with Crippen molar-refractivity contribution in [2.24, 2.45) is 0 Å². The van der Waals surface area contributed by atoms with E-state index in [0.717, 1.165) is 0 Å². The van der Waals surface area contributed by atoms with E-state index < -0.39 is 11.9 Å². The van der Waals surface area contributed by atoms with E-state index in [1.165, 1.54) is 24.5 Å². The lowest BCUT2D eigenvalue weighted by Gasteiger charge is -2.08. The van der Waals surface area contributed by atoms with Gasteiger partial charge < -0.3 is 10.2 Å². The number of carbonyl (C=O) groups is 2. The summed E-state index contributed by atoms with van der Waals surface area (Å²) < 4.78 is 0.959. The van der Waals surface area contributed by atoms with Crippen molar-refractivity contribution < 1.29 is 19.8 Å². The summed E-state index contributed by atoms with van der Waals surface area (Å²) in [5, 5.41) is 18.4. The van der Waals surface area contributed by atoms with Crippen molar-refractivity contribution >= 4 is 43.8 Å². The van der Waals surface area contributed by atoms with Gasteiger partial charge in [0.15, 0.2) is 0 Å². The summed E-state index contributed by atoms with van der Waals surface area (Å²) in [6.07, 6.45) is 2.77. The van der Waals surface area contributed by atoms with Gasteiger partial charge in [-0.25, -0.2) is 9.59 Å². The van der Waals surface area contributed by atoms with E-state index in [4.69, 9.17) is 0 Å². The summed E-state index contributed by atoms with van der Waals surface area (Å²) in [4.78, 5) is 30.4. The van der Waals surface area contributed by atoms with Crippen LogP contribution in [0.1, 0.15) is 20.7 Å². The predicted molar refractivity (Wildman–Crippen MR) is 76.8 cm³/mol. The summed E-state index contributed by atoms with van der Waals surface area (Å²) in [5.41, 5.74) is -0.246. The molecule has 20 heavy (non-hydrogen) atoms. The van der Waals surface area contributed by atoms with Crippen LogP contribution in [-0.2, 0) is 0 Å². The van der Waals surface area contributed by atoms with Gasteiger partial charge in [0.05, 0.1) is 11.1 Å². The standard InChI is InChI=1S/C12H6Br2N2O4/c13-5-1-7(11(17)18)9(15-3-5)10-8(12(19)20)2-6(14)4-16-10/h1-4H,(H,17,18)(H,19,20). The van der Waals surface area contributed by atoms with Crippen LogP contribution >= 0.6 is 31.9 Å². The zero-order valence-corrected chi connectivity index (χ0v) is 12.8. The van der Waals surface area contributed by atoms with E-state index in [-0.39, 0.29) is 22.5 Å². The van der Waals surface area contributed by atoms with E-state index in [9.17, 15) is 19.8 Å². The average Bonchev–Trinajstić information content (AvgIpc) is 2.38. The van der Waals surface area contributed by atoms with Gasteiger partial charge in [-0.1, -0.05) is 0 Å². The van der Waals surface area contributed by atoms with Crippen LogP contribution in [-0.4, -0.2) is 32.1 Å². The number of carboxylic acid groups (broad SMARTS) is 2. The number of nitrogens with zero attached hydrogens (tertiary/aromatic N) is 2. The van der Waals surface area contributed by atoms with Gasteiger partial charge in [0.1, 0.15) is 11.4 Å². The molecule has 0 bridgehead atoms. The van der Waals surface area contributed by atoms with Crippen molar-refractivity contribution in [1.29, 1.82) is 0 Å². The molecule has 0 aromatic carbocycles. The second-order valence-electron chi connectivity index (χ2n) is 3.71. The van der Waals surface area contributed by atoms with Gasteiger partial charge in [0, 0.05) is 21.3 Å². The fourth-order valence-electron chi connectivity index (χ4n) is 1.58. The number of aromatic nitrogens is 2. The molecule has 2 aromatic rings. The molecule has 0 fully saturated rings. The fraction of sp³-hybridized carbons (Fsp3) is 0. The Kier molecular flexibility index (Phi) is 4.15. The predicted octanol–water partition coefficient (Wildman–Crippen LogP) is 3.07. The summed E-state index contributed by atoms with van der Waals surface area (Å²) in [7, 11) is 0. The van der Waals surface area contributed by atoms with Gasteiger partial charge >= 0.3 is 11.9 Å². The molecule has 0 aliphatic rings. The number of pyridine rings is 2. The normalized spacial score (nSPS) is 10.3. The molecule has 0 unspecified atom stereocenters. The van der Waals surface area contributed by atoms with Crippen LogP contribution in [0.2, 0.25) is 0 Å². The Labute approximate surface area is 129 Å². The van der Waals surface area contributed by atoms with Crippen molar-refractivity contribution in [3.63, 3.8) is 0 Å². The first-order chi connectivity index (χ1) is 9.40. The van der Waals surface area contributed by atoms with Gasteiger partial charge in [-0.05, 0) is 44.0 Å². The van der Waals surface area contributed by atoms with Crippen molar-refractivity contribution in [2.45, 2.75) is 0 Å². The smallest absolute Gasteiger partial charge is 0.338 e. The minimum atomic E-state index is -1.21. The maximum Gasteiger partial charge on any atom is 0.338 e. The van der Waals surface area contributed by atoms with Crippen LogP contribution in [0.15, 0.2) is 33.5 Å². The molecule has 102 valence electrons. The maximum atomic E-state index is 11.3. The Morgan fingerprint density at radius 2 is 1.20 bits per heavy atom. The molecule has 0 amide bonds. The molecule has 2 heterocycles. The Hall–Kier alpha value is -1.80. The van der Waals surface area contributed by atoms with Gasteiger partial charge in [-0.15, -0.1) is 0 Å². The number of carboxylic acids is 2. The molecule has 0 saturated carbocycles. The quantitative estimate of drug-likeness (QED) is 0.819. The molecule has 0 radical (unpaired) electrons. The fourth-order valence-corrected chi connectivity index (χ4v) is 2.24. The third-order valence-corrected chi connectivity index (χ3v) is 3.26. The number of rotatable bonds is 3. The van der Waals surface area contributed by atoms with E-state index in [1.807, 2.05) is 0 Å². The lowest BCUT2D eigenvalue weighted by atomic mass is 10.1. The molecule has 0 aliphatic heterocycles. The SMILES string of the molecule is O=C(O)c1cc(Br)cnc1-c1ncc(Br)cc1C(=O)O. The molecule has 2 rings (SSSR count). The zero-order valence-electron chi connectivity index (χ0n) is 9.67. The van der Waals surface area contributed by atoms with Crippen molar-refractivity contribution in [1.82, 2.24) is 9.97 Å². The maximum absolute atomic E-state index is 11.3. The molecule has 2 aromatic heterocycles. The highest BCUT2D eigenvalue weighted by Crippen LogP contribution is 2.27. The molecular formula is C12H6Br2N2O4. The van der Waals surface area contributed by atoms with Crippen LogP contribution in [0, 0.1) is 0 Å². The highest BCUT2D eigenvalue weighted by Gasteiger charge is 2.21. The van der Waals surface area contributed by atoms with Crippen LogP contribution in [0.5, 0.6) is 0 Å². The Bertz CT molecular complexity index is 657. The van der Waals surface area contributed by atoms with Gasteiger partial charge in [0.25, 0.3) is 0 Å². The first-order valence-corrected chi connectivity index (χ1v) is 6.77. The first-order valence-electron chi connectivity index (χ1n) is 5.18. The Morgan fingerprint density at radius 1 is 0.850 bits per heavy atom. The van der Waals surface area contributed by atoms with E-state index >= 15 is 0 Å². The highest BCUT2D eigenvalue weighted by molar-refractivity contribution is 9.10. The molecule has 0 saturated heterocycles. The molecular weight excluding hydrogens is 396 g/mol. The third-order valence-electron chi connectivity index (χ3n) is 2.39. The largest absolute Gasteiger partial charge is 0.478 e. The van der Waals surface area contributed by atoms with Crippen molar-refractivity contribution in [2.75, 3.05) is 0 Å². The lowest BCUT2D eigenvalue weighted by Crippen LogP contribution is -2.07. The first kappa shape index (κ1) is 14.6. The van der Waals surface area contributed by atoms with Gasteiger partial charge in [-0.3, -0.25) is 9.97 Å². The highest BCUT2D eigenvalue weighted by atomic mass is 79.9. The summed E-state index contributed by atoms with van der Waals surface area (Å²) in [5.74, 6) is -2.43. The van der Waals surface area contributed by atoms with Gasteiger partial charge in [0.2, 0.25) is 0 Å². The lowest BCUT2D eigenvalue weighted by molar-refractivity contribution is 0.0683. The molecule has 6 nitrogen and oxygen atoms in total. The second kappa shape index (κ2) is 5.68. The van der Waals surface area contributed by atoms with E-state index in [2.05, 4.69) is 41.8 Å². The van der Waals surface area contributed by atoms with E-state index in [1.54, 1.807) is 0 Å². The third kappa shape index (κ3) is 2.86. The molecule has 8 heteroatoms. The van der Waals surface area contributed by atoms with Crippen LogP contribution in [0.3, 0.4) is 0 Å². The summed E-state index contributed by atoms with van der Waals surface area (Å²) in [6, 6.07) is 2.69. The number of aromatic carboxylic acids is 2. The Morgan fingerprint density at radius 3 is 1.50 bits per heavy atom. The van der Waals surface area contributed by atoms with E-state index in [0.29, 0.717) is 8.95 Å². The second-order valence-corrected chi connectivity index (χ2v) is 5.54. The average molecular weight is 402 g/mol. The Balaban J connectivity index is 2.75. The molecule has 0 atom stereocenters. The topological polar surface area (TPSA) is 100 Å². The van der Waals surface area contributed by atoms with Crippen LogP contribution in [0.25, 0.3) is 11.4 Å². The number of hydrogen-bond donors (Lipinski definition) is 2. The molecule has 2 N–H and O–H groups in total.